The number of rotatable bonds is 5. The van der Waals surface area contributed by atoms with Crippen LogP contribution in [0, 0.1) is 0 Å². The van der Waals surface area contributed by atoms with Crippen molar-refractivity contribution in [3.05, 3.63) is 179 Å². The Hall–Kier alpha value is -5.16. The number of fused-ring (bicyclic) bond motifs is 5. The fourth-order valence-corrected chi connectivity index (χ4v) is 8.16. The molecule has 48 heavy (non-hydrogen) atoms. The number of hydrogen-bond donors (Lipinski definition) is 0. The van der Waals surface area contributed by atoms with Crippen molar-refractivity contribution in [2.75, 3.05) is 4.90 Å². The monoisotopic (exact) mass is 742 g/mol. The van der Waals surface area contributed by atoms with Crippen molar-refractivity contribution >= 4 is 92.3 Å². The van der Waals surface area contributed by atoms with Crippen LogP contribution in [-0.2, 0) is 0 Å². The molecule has 0 amide bonds. The van der Waals surface area contributed by atoms with Gasteiger partial charge in [-0.25, -0.2) is 0 Å². The second kappa shape index (κ2) is 11.8. The maximum absolute atomic E-state index is 3.97. The van der Waals surface area contributed by atoms with E-state index in [1.165, 1.54) is 43.4 Å². The third-order valence-electron chi connectivity index (χ3n) is 9.23. The molecule has 0 aliphatic rings. The smallest absolute Gasteiger partial charge is 0.0541 e. The number of anilines is 3. The number of hydrogen-bond acceptors (Lipinski definition) is 1. The van der Waals surface area contributed by atoms with E-state index in [2.05, 4.69) is 211 Å². The van der Waals surface area contributed by atoms with Gasteiger partial charge in [-0.05, 0) is 118 Å². The van der Waals surface area contributed by atoms with Crippen LogP contribution in [0.2, 0.25) is 0 Å². The van der Waals surface area contributed by atoms with E-state index in [-0.39, 0.29) is 0 Å². The molecule has 8 aromatic carbocycles. The van der Waals surface area contributed by atoms with Gasteiger partial charge in [0.1, 0.15) is 0 Å². The lowest BCUT2D eigenvalue weighted by Gasteiger charge is -2.25. The number of para-hydroxylation sites is 4. The molecule has 9 rings (SSSR count). The molecule has 2 nitrogen and oxygen atoms in total. The molecule has 0 spiro atoms. The molecule has 0 saturated carbocycles. The zero-order chi connectivity index (χ0) is 32.2. The number of aromatic nitrogens is 1. The maximum Gasteiger partial charge on any atom is 0.0541 e. The van der Waals surface area contributed by atoms with Gasteiger partial charge in [-0.1, -0.05) is 117 Å². The van der Waals surface area contributed by atoms with Crippen LogP contribution < -0.4 is 4.90 Å². The summed E-state index contributed by atoms with van der Waals surface area (Å²) in [6, 6.07) is 61.0. The Morgan fingerprint density at radius 2 is 0.854 bits per heavy atom. The van der Waals surface area contributed by atoms with Gasteiger partial charge in [0.05, 0.1) is 11.0 Å². The number of halogens is 2. The summed E-state index contributed by atoms with van der Waals surface area (Å²) in [5.74, 6) is 0. The minimum Gasteiger partial charge on any atom is -0.310 e. The zero-order valence-corrected chi connectivity index (χ0v) is 29.0. The molecule has 0 radical (unpaired) electrons. The van der Waals surface area contributed by atoms with Crippen LogP contribution in [0.25, 0.3) is 60.2 Å². The Kier molecular flexibility index (Phi) is 7.14. The summed E-state index contributed by atoms with van der Waals surface area (Å²) in [5.41, 5.74) is 9.24. The molecule has 1 heterocycles. The first kappa shape index (κ1) is 29.0. The lowest BCUT2D eigenvalue weighted by molar-refractivity contribution is 1.19. The first-order valence-corrected chi connectivity index (χ1v) is 17.6. The Morgan fingerprint density at radius 3 is 1.48 bits per heavy atom. The first-order valence-electron chi connectivity index (χ1n) is 16.0. The Balaban J connectivity index is 1.16. The summed E-state index contributed by atoms with van der Waals surface area (Å²) in [4.78, 5) is 2.30. The highest BCUT2D eigenvalue weighted by molar-refractivity contribution is 9.11. The topological polar surface area (TPSA) is 8.17 Å². The van der Waals surface area contributed by atoms with Crippen LogP contribution in [0.1, 0.15) is 0 Å². The van der Waals surface area contributed by atoms with Gasteiger partial charge in [-0.2, -0.15) is 0 Å². The molecule has 9 aromatic rings. The largest absolute Gasteiger partial charge is 0.310 e. The van der Waals surface area contributed by atoms with Crippen molar-refractivity contribution in [2.45, 2.75) is 0 Å². The third-order valence-corrected chi connectivity index (χ3v) is 10.5. The van der Waals surface area contributed by atoms with Crippen LogP contribution in [-0.4, -0.2) is 4.57 Å². The van der Waals surface area contributed by atoms with E-state index in [0.717, 1.165) is 42.8 Å². The highest BCUT2D eigenvalue weighted by Gasteiger charge is 2.16. The lowest BCUT2D eigenvalue weighted by atomic mass is 9.98. The van der Waals surface area contributed by atoms with E-state index in [1.54, 1.807) is 0 Å². The minimum atomic E-state index is 1.05. The lowest BCUT2D eigenvalue weighted by Crippen LogP contribution is -2.09. The molecule has 0 bridgehead atoms. The van der Waals surface area contributed by atoms with E-state index >= 15 is 0 Å². The van der Waals surface area contributed by atoms with Gasteiger partial charge in [-0.3, -0.25) is 0 Å². The summed E-state index contributed by atoms with van der Waals surface area (Å²) < 4.78 is 4.50. The molecular formula is C44H28Br2N2. The molecule has 0 aliphatic carbocycles. The SMILES string of the molecule is Brc1cc2cc(N(c3ccccc3)c3ccccc3)ccc2cc1-c1cc2cc(-n3c4ccccc4c4ccccc43)ccc2cc1Br. The minimum absolute atomic E-state index is 1.05. The highest BCUT2D eigenvalue weighted by atomic mass is 79.9. The normalized spacial score (nSPS) is 11.5. The zero-order valence-electron chi connectivity index (χ0n) is 25.8. The average Bonchev–Trinajstić information content (AvgIpc) is 3.46. The predicted octanol–water partition coefficient (Wildman–Crippen LogP) is 13.8. The Bertz CT molecular complexity index is 2550. The van der Waals surface area contributed by atoms with Crippen molar-refractivity contribution in [3.8, 4) is 16.8 Å². The van der Waals surface area contributed by atoms with Gasteiger partial charge in [0.2, 0.25) is 0 Å². The molecule has 228 valence electrons. The molecule has 1 aromatic heterocycles. The molecule has 0 aliphatic heterocycles. The second-order valence-electron chi connectivity index (χ2n) is 12.1. The Labute approximate surface area is 295 Å². The summed E-state index contributed by atoms with van der Waals surface area (Å²) in [5, 5.41) is 7.27. The summed E-state index contributed by atoms with van der Waals surface area (Å²) in [6.07, 6.45) is 0. The fraction of sp³-hybridized carbons (Fsp3) is 0. The molecule has 0 saturated heterocycles. The van der Waals surface area contributed by atoms with E-state index in [9.17, 15) is 0 Å². The van der Waals surface area contributed by atoms with Crippen LogP contribution in [0.4, 0.5) is 17.1 Å². The molecule has 0 atom stereocenters. The van der Waals surface area contributed by atoms with Gasteiger partial charge in [-0.15, -0.1) is 0 Å². The molecule has 4 heteroatoms. The van der Waals surface area contributed by atoms with Crippen molar-refractivity contribution in [2.24, 2.45) is 0 Å². The average molecular weight is 745 g/mol. The molecule has 0 unspecified atom stereocenters. The van der Waals surface area contributed by atoms with E-state index in [0.29, 0.717) is 0 Å². The Morgan fingerprint density at radius 1 is 0.375 bits per heavy atom. The first-order chi connectivity index (χ1) is 23.6. The van der Waals surface area contributed by atoms with Crippen LogP contribution in [0.15, 0.2) is 179 Å². The molecule has 0 N–H and O–H groups in total. The maximum atomic E-state index is 3.97. The number of benzene rings is 8. The second-order valence-corrected chi connectivity index (χ2v) is 13.8. The quantitative estimate of drug-likeness (QED) is 0.170. The van der Waals surface area contributed by atoms with Crippen LogP contribution >= 0.6 is 31.9 Å². The van der Waals surface area contributed by atoms with Crippen molar-refractivity contribution < 1.29 is 0 Å². The van der Waals surface area contributed by atoms with Crippen LogP contribution in [0.3, 0.4) is 0 Å². The van der Waals surface area contributed by atoms with Crippen molar-refractivity contribution in [1.82, 2.24) is 4.57 Å². The van der Waals surface area contributed by atoms with Crippen molar-refractivity contribution in [1.29, 1.82) is 0 Å². The number of nitrogens with zero attached hydrogens (tertiary/aromatic N) is 2. The summed E-state index contributed by atoms with van der Waals surface area (Å²) >= 11 is 7.89. The van der Waals surface area contributed by atoms with Gasteiger partial charge in [0.15, 0.2) is 0 Å². The van der Waals surface area contributed by atoms with E-state index in [1.807, 2.05) is 0 Å². The van der Waals surface area contributed by atoms with E-state index < -0.39 is 0 Å². The van der Waals surface area contributed by atoms with Gasteiger partial charge in [0.25, 0.3) is 0 Å². The highest BCUT2D eigenvalue weighted by Crippen LogP contribution is 2.42. The molecular weight excluding hydrogens is 716 g/mol. The standard InChI is InChI=1S/C44H28Br2N2/c45-41-27-30-20-22-36(48-43-17-9-7-15-37(43)38-16-8-10-18-44(38)48)23-31(30)26-40(41)39-25-29-19-21-35(24-32(29)28-42(39)46)47(33-11-3-1-4-12-33)34-13-5-2-6-14-34/h1-28H. The van der Waals surface area contributed by atoms with E-state index in [4.69, 9.17) is 0 Å². The summed E-state index contributed by atoms with van der Waals surface area (Å²) in [7, 11) is 0. The molecule has 0 fully saturated rings. The van der Waals surface area contributed by atoms with Crippen LogP contribution in [0.5, 0.6) is 0 Å². The summed E-state index contributed by atoms with van der Waals surface area (Å²) in [6.45, 7) is 0. The van der Waals surface area contributed by atoms with Crippen molar-refractivity contribution in [3.63, 3.8) is 0 Å². The van der Waals surface area contributed by atoms with Gasteiger partial charge in [0, 0.05) is 42.5 Å². The fourth-order valence-electron chi connectivity index (χ4n) is 7.01. The van der Waals surface area contributed by atoms with Gasteiger partial charge >= 0.3 is 0 Å². The van der Waals surface area contributed by atoms with Gasteiger partial charge < -0.3 is 9.47 Å². The third kappa shape index (κ3) is 4.92. The predicted molar refractivity (Wildman–Crippen MR) is 211 cm³/mol.